The molecule has 0 aliphatic rings. The molecule has 2 amide bonds. The highest BCUT2D eigenvalue weighted by Crippen LogP contribution is 2.18. The SMILES string of the molecule is CCCN(CCO)C(=O)Nc1ccnn1-c1ccccc1C. The molecular formula is C16H22N4O2. The second-order valence-corrected chi connectivity index (χ2v) is 5.06. The van der Waals surface area contributed by atoms with Crippen molar-refractivity contribution in [3.8, 4) is 5.69 Å². The Balaban J connectivity index is 2.19. The van der Waals surface area contributed by atoms with Crippen molar-refractivity contribution < 1.29 is 9.90 Å². The van der Waals surface area contributed by atoms with E-state index in [1.54, 1.807) is 21.8 Å². The minimum absolute atomic E-state index is 0.0511. The molecule has 0 saturated carbocycles. The summed E-state index contributed by atoms with van der Waals surface area (Å²) in [6.07, 6.45) is 2.49. The lowest BCUT2D eigenvalue weighted by Crippen LogP contribution is -2.38. The van der Waals surface area contributed by atoms with Crippen LogP contribution in [-0.2, 0) is 0 Å². The van der Waals surface area contributed by atoms with Gasteiger partial charge in [-0.1, -0.05) is 25.1 Å². The average Bonchev–Trinajstić information content (AvgIpc) is 2.95. The van der Waals surface area contributed by atoms with Gasteiger partial charge in [-0.3, -0.25) is 5.32 Å². The molecular weight excluding hydrogens is 280 g/mol. The summed E-state index contributed by atoms with van der Waals surface area (Å²) < 4.78 is 1.70. The highest BCUT2D eigenvalue weighted by molar-refractivity contribution is 5.88. The van der Waals surface area contributed by atoms with Crippen LogP contribution in [0.5, 0.6) is 0 Å². The summed E-state index contributed by atoms with van der Waals surface area (Å²) in [6.45, 7) is 4.86. The van der Waals surface area contributed by atoms with E-state index in [1.165, 1.54) is 0 Å². The molecule has 1 aromatic heterocycles. The van der Waals surface area contributed by atoms with Crippen molar-refractivity contribution in [1.82, 2.24) is 14.7 Å². The molecule has 1 heterocycles. The van der Waals surface area contributed by atoms with Crippen LogP contribution in [-0.4, -0.2) is 45.5 Å². The molecule has 0 spiro atoms. The molecule has 6 nitrogen and oxygen atoms in total. The smallest absolute Gasteiger partial charge is 0.323 e. The number of para-hydroxylation sites is 1. The molecule has 6 heteroatoms. The Morgan fingerprint density at radius 1 is 1.32 bits per heavy atom. The minimum Gasteiger partial charge on any atom is -0.395 e. The number of hydrogen-bond donors (Lipinski definition) is 2. The number of amides is 2. The van der Waals surface area contributed by atoms with Crippen LogP contribution >= 0.6 is 0 Å². The Labute approximate surface area is 130 Å². The highest BCUT2D eigenvalue weighted by Gasteiger charge is 2.15. The lowest BCUT2D eigenvalue weighted by atomic mass is 10.2. The minimum atomic E-state index is -0.230. The van der Waals surface area contributed by atoms with E-state index in [4.69, 9.17) is 5.11 Å². The normalized spacial score (nSPS) is 10.5. The molecule has 2 N–H and O–H groups in total. The topological polar surface area (TPSA) is 70.4 Å². The van der Waals surface area contributed by atoms with Crippen LogP contribution in [0.25, 0.3) is 5.69 Å². The van der Waals surface area contributed by atoms with Crippen LogP contribution in [0.2, 0.25) is 0 Å². The van der Waals surface area contributed by atoms with Crippen LogP contribution in [0.15, 0.2) is 36.5 Å². The van der Waals surface area contributed by atoms with Gasteiger partial charge in [0.2, 0.25) is 0 Å². The molecule has 0 atom stereocenters. The van der Waals surface area contributed by atoms with Gasteiger partial charge in [0.25, 0.3) is 0 Å². The van der Waals surface area contributed by atoms with E-state index < -0.39 is 0 Å². The zero-order chi connectivity index (χ0) is 15.9. The quantitative estimate of drug-likeness (QED) is 0.861. The predicted molar refractivity (Wildman–Crippen MR) is 86.3 cm³/mol. The summed E-state index contributed by atoms with van der Waals surface area (Å²) >= 11 is 0. The monoisotopic (exact) mass is 302 g/mol. The number of aromatic nitrogens is 2. The van der Waals surface area contributed by atoms with E-state index in [-0.39, 0.29) is 12.6 Å². The Hall–Kier alpha value is -2.34. The molecule has 0 radical (unpaired) electrons. The van der Waals surface area contributed by atoms with Gasteiger partial charge in [-0.2, -0.15) is 5.10 Å². The number of benzene rings is 1. The summed E-state index contributed by atoms with van der Waals surface area (Å²) in [7, 11) is 0. The van der Waals surface area contributed by atoms with Gasteiger partial charge in [-0.05, 0) is 25.0 Å². The first-order chi connectivity index (χ1) is 10.7. The van der Waals surface area contributed by atoms with E-state index in [2.05, 4.69) is 10.4 Å². The first kappa shape index (κ1) is 16.0. The number of urea groups is 1. The summed E-state index contributed by atoms with van der Waals surface area (Å²) in [5.74, 6) is 0.610. The second-order valence-electron chi connectivity index (χ2n) is 5.06. The van der Waals surface area contributed by atoms with Crippen LogP contribution in [0.3, 0.4) is 0 Å². The van der Waals surface area contributed by atoms with Crippen LogP contribution in [0.4, 0.5) is 10.6 Å². The van der Waals surface area contributed by atoms with E-state index in [1.807, 2.05) is 38.1 Å². The Morgan fingerprint density at radius 2 is 2.09 bits per heavy atom. The number of hydrogen-bond acceptors (Lipinski definition) is 3. The maximum absolute atomic E-state index is 12.3. The van der Waals surface area contributed by atoms with Gasteiger partial charge in [0.15, 0.2) is 0 Å². The molecule has 0 unspecified atom stereocenters. The molecule has 0 aliphatic carbocycles. The third kappa shape index (κ3) is 3.65. The van der Waals surface area contributed by atoms with Gasteiger partial charge in [0.1, 0.15) is 5.82 Å². The molecule has 0 aliphatic heterocycles. The van der Waals surface area contributed by atoms with Gasteiger partial charge in [-0.25, -0.2) is 9.48 Å². The zero-order valence-electron chi connectivity index (χ0n) is 13.0. The highest BCUT2D eigenvalue weighted by atomic mass is 16.3. The lowest BCUT2D eigenvalue weighted by molar-refractivity contribution is 0.188. The summed E-state index contributed by atoms with van der Waals surface area (Å²) in [6, 6.07) is 9.38. The number of aliphatic hydroxyl groups is 1. The number of nitrogens with zero attached hydrogens (tertiary/aromatic N) is 3. The maximum atomic E-state index is 12.3. The first-order valence-electron chi connectivity index (χ1n) is 7.44. The van der Waals surface area contributed by atoms with Crippen molar-refractivity contribution in [2.45, 2.75) is 20.3 Å². The fourth-order valence-corrected chi connectivity index (χ4v) is 2.29. The molecule has 0 bridgehead atoms. The molecule has 0 fully saturated rings. The first-order valence-corrected chi connectivity index (χ1v) is 7.44. The number of carbonyl (C=O) groups is 1. The fourth-order valence-electron chi connectivity index (χ4n) is 2.29. The van der Waals surface area contributed by atoms with Crippen molar-refractivity contribution in [3.63, 3.8) is 0 Å². The lowest BCUT2D eigenvalue weighted by Gasteiger charge is -2.21. The number of rotatable bonds is 6. The number of aliphatic hydroxyl groups excluding tert-OH is 1. The summed E-state index contributed by atoms with van der Waals surface area (Å²) in [5.41, 5.74) is 1.99. The number of nitrogens with one attached hydrogen (secondary N) is 1. The standard InChI is InChI=1S/C16H22N4O2/c1-3-10-19(11-12-21)16(22)18-15-8-9-17-20(15)14-7-5-4-6-13(14)2/h4-9,21H,3,10-12H2,1-2H3,(H,18,22). The van der Waals surface area contributed by atoms with Crippen molar-refractivity contribution in [2.24, 2.45) is 0 Å². The number of carbonyl (C=O) groups excluding carboxylic acids is 1. The van der Waals surface area contributed by atoms with Gasteiger partial charge in [-0.15, -0.1) is 0 Å². The largest absolute Gasteiger partial charge is 0.395 e. The van der Waals surface area contributed by atoms with Gasteiger partial charge >= 0.3 is 6.03 Å². The van der Waals surface area contributed by atoms with E-state index >= 15 is 0 Å². The number of aryl methyl sites for hydroxylation is 1. The molecule has 0 saturated heterocycles. The van der Waals surface area contributed by atoms with Crippen molar-refractivity contribution in [1.29, 1.82) is 0 Å². The van der Waals surface area contributed by atoms with Gasteiger partial charge in [0.05, 0.1) is 18.5 Å². The Morgan fingerprint density at radius 3 is 2.77 bits per heavy atom. The third-order valence-corrected chi connectivity index (χ3v) is 3.37. The van der Waals surface area contributed by atoms with E-state index in [0.29, 0.717) is 18.9 Å². The summed E-state index contributed by atoms with van der Waals surface area (Å²) in [5, 5.41) is 16.2. The second kappa shape index (κ2) is 7.61. The molecule has 118 valence electrons. The van der Waals surface area contributed by atoms with Crippen LogP contribution in [0, 0.1) is 6.92 Å². The predicted octanol–water partition coefficient (Wildman–Crippen LogP) is 2.42. The Kier molecular flexibility index (Phi) is 5.55. The molecule has 2 rings (SSSR count). The average molecular weight is 302 g/mol. The molecule has 2 aromatic rings. The van der Waals surface area contributed by atoms with Crippen LogP contribution in [0.1, 0.15) is 18.9 Å². The third-order valence-electron chi connectivity index (χ3n) is 3.37. The Bertz CT molecular complexity index is 618. The van der Waals surface area contributed by atoms with Crippen LogP contribution < -0.4 is 5.32 Å². The van der Waals surface area contributed by atoms with Crippen molar-refractivity contribution in [2.75, 3.05) is 25.0 Å². The molecule has 1 aromatic carbocycles. The van der Waals surface area contributed by atoms with Crippen molar-refractivity contribution in [3.05, 3.63) is 42.1 Å². The fraction of sp³-hybridized carbons (Fsp3) is 0.375. The van der Waals surface area contributed by atoms with E-state index in [9.17, 15) is 4.79 Å². The van der Waals surface area contributed by atoms with E-state index in [0.717, 1.165) is 17.7 Å². The maximum Gasteiger partial charge on any atom is 0.323 e. The zero-order valence-corrected chi connectivity index (χ0v) is 13.0. The van der Waals surface area contributed by atoms with Gasteiger partial charge in [0, 0.05) is 19.2 Å². The summed E-state index contributed by atoms with van der Waals surface area (Å²) in [4.78, 5) is 13.9. The van der Waals surface area contributed by atoms with Crippen molar-refractivity contribution >= 4 is 11.8 Å². The van der Waals surface area contributed by atoms with Gasteiger partial charge < -0.3 is 10.0 Å². The number of anilines is 1. The molecule has 22 heavy (non-hydrogen) atoms.